The highest BCUT2D eigenvalue weighted by Gasteiger charge is 2.20. The Morgan fingerprint density at radius 3 is 2.48 bits per heavy atom. The molecule has 0 heterocycles. The van der Waals surface area contributed by atoms with Crippen LogP contribution in [0.5, 0.6) is 0 Å². The zero-order valence-corrected chi connectivity index (χ0v) is 12.8. The van der Waals surface area contributed by atoms with E-state index in [0.717, 1.165) is 24.8 Å². The Labute approximate surface area is 125 Å². The van der Waals surface area contributed by atoms with E-state index in [4.69, 9.17) is 5.14 Å². The van der Waals surface area contributed by atoms with E-state index < -0.39 is 10.0 Å². The number of allylic oxidation sites excluding steroid dienone is 2. The molecular weight excluding hydrogens is 288 g/mol. The topological polar surface area (TPSA) is 89.3 Å². The zero-order chi connectivity index (χ0) is 15.5. The van der Waals surface area contributed by atoms with Crippen LogP contribution in [0.1, 0.15) is 37.8 Å². The van der Waals surface area contributed by atoms with Crippen molar-refractivity contribution in [2.24, 2.45) is 11.1 Å². The fourth-order valence-corrected chi connectivity index (χ4v) is 2.91. The summed E-state index contributed by atoms with van der Waals surface area (Å²) < 4.78 is 22.4. The van der Waals surface area contributed by atoms with Gasteiger partial charge in [-0.1, -0.05) is 24.3 Å². The predicted molar refractivity (Wildman–Crippen MR) is 80.9 cm³/mol. The molecule has 3 N–H and O–H groups in total. The maximum absolute atomic E-state index is 12.1. The van der Waals surface area contributed by atoms with Gasteiger partial charge in [-0.05, 0) is 43.9 Å². The Kier molecular flexibility index (Phi) is 4.80. The fourth-order valence-electron chi connectivity index (χ4n) is 2.39. The van der Waals surface area contributed by atoms with Crippen LogP contribution < -0.4 is 10.5 Å². The Bertz CT molecular complexity index is 635. The molecule has 1 amide bonds. The van der Waals surface area contributed by atoms with E-state index in [-0.39, 0.29) is 22.8 Å². The Balaban J connectivity index is 2.01. The molecule has 0 unspecified atom stereocenters. The van der Waals surface area contributed by atoms with Gasteiger partial charge < -0.3 is 5.32 Å². The zero-order valence-electron chi connectivity index (χ0n) is 12.0. The van der Waals surface area contributed by atoms with E-state index >= 15 is 0 Å². The molecule has 0 fully saturated rings. The lowest BCUT2D eigenvalue weighted by Crippen LogP contribution is -2.33. The van der Waals surface area contributed by atoms with Crippen molar-refractivity contribution in [3.05, 3.63) is 42.0 Å². The molecule has 0 saturated carbocycles. The lowest BCUT2D eigenvalue weighted by Gasteiger charge is -2.21. The monoisotopic (exact) mass is 308 g/mol. The predicted octanol–water partition coefficient (Wildman–Crippen LogP) is 1.87. The molecular formula is C15H20N2O3S. The third-order valence-corrected chi connectivity index (χ3v) is 4.64. The van der Waals surface area contributed by atoms with Crippen molar-refractivity contribution in [3.63, 3.8) is 0 Å². The molecule has 114 valence electrons. The number of primary sulfonamides is 1. The summed E-state index contributed by atoms with van der Waals surface area (Å²) in [5.41, 5.74) is 0.849. The minimum Gasteiger partial charge on any atom is -0.349 e. The molecule has 0 spiro atoms. The van der Waals surface area contributed by atoms with E-state index in [9.17, 15) is 13.2 Å². The summed E-state index contributed by atoms with van der Waals surface area (Å²) in [6.45, 7) is 1.88. The average Bonchev–Trinajstić information content (AvgIpc) is 2.47. The first-order chi connectivity index (χ1) is 9.88. The summed E-state index contributed by atoms with van der Waals surface area (Å²) in [7, 11) is -3.68. The van der Waals surface area contributed by atoms with Crippen molar-refractivity contribution in [2.75, 3.05) is 0 Å². The molecule has 1 aliphatic rings. The van der Waals surface area contributed by atoms with Gasteiger partial charge in [0.1, 0.15) is 0 Å². The molecule has 0 aliphatic heterocycles. The van der Waals surface area contributed by atoms with Gasteiger partial charge >= 0.3 is 0 Å². The summed E-state index contributed by atoms with van der Waals surface area (Å²) in [6.07, 6.45) is 6.73. The van der Waals surface area contributed by atoms with E-state index in [2.05, 4.69) is 11.4 Å². The van der Waals surface area contributed by atoms with Gasteiger partial charge in [0.2, 0.25) is 15.9 Å². The lowest BCUT2D eigenvalue weighted by atomic mass is 9.93. The molecule has 21 heavy (non-hydrogen) atoms. The summed E-state index contributed by atoms with van der Waals surface area (Å²) in [5.74, 6) is 0.0727. The smallest absolute Gasteiger partial charge is 0.238 e. The average molecular weight is 308 g/mol. The van der Waals surface area contributed by atoms with Crippen molar-refractivity contribution in [3.8, 4) is 0 Å². The van der Waals surface area contributed by atoms with Crippen molar-refractivity contribution in [1.29, 1.82) is 0 Å². The van der Waals surface area contributed by atoms with Gasteiger partial charge in [0.15, 0.2) is 0 Å². The first kappa shape index (κ1) is 15.7. The minimum atomic E-state index is -3.68. The number of hydrogen-bond donors (Lipinski definition) is 2. The number of nitrogens with two attached hydrogens (primary N) is 1. The van der Waals surface area contributed by atoms with Gasteiger partial charge in [-0.25, -0.2) is 13.6 Å². The van der Waals surface area contributed by atoms with Crippen LogP contribution in [0.15, 0.2) is 41.3 Å². The molecule has 2 rings (SSSR count). The normalized spacial score (nSPS) is 20.0. The highest BCUT2D eigenvalue weighted by Crippen LogP contribution is 2.21. The van der Waals surface area contributed by atoms with Crippen molar-refractivity contribution < 1.29 is 13.2 Å². The number of amides is 1. The van der Waals surface area contributed by atoms with E-state index in [1.54, 1.807) is 12.1 Å². The Morgan fingerprint density at radius 2 is 1.95 bits per heavy atom. The Hall–Kier alpha value is -1.66. The van der Waals surface area contributed by atoms with Crippen LogP contribution in [0.4, 0.5) is 0 Å². The first-order valence-corrected chi connectivity index (χ1v) is 8.50. The second kappa shape index (κ2) is 6.41. The first-order valence-electron chi connectivity index (χ1n) is 6.96. The third-order valence-electron chi connectivity index (χ3n) is 3.71. The van der Waals surface area contributed by atoms with Crippen LogP contribution in [0.2, 0.25) is 0 Å². The van der Waals surface area contributed by atoms with Gasteiger partial charge in [0.05, 0.1) is 10.9 Å². The van der Waals surface area contributed by atoms with Crippen molar-refractivity contribution >= 4 is 15.9 Å². The molecule has 2 atom stereocenters. The summed E-state index contributed by atoms with van der Waals surface area (Å²) >= 11 is 0. The Morgan fingerprint density at radius 1 is 1.29 bits per heavy atom. The molecule has 1 aliphatic carbocycles. The van der Waals surface area contributed by atoms with Crippen LogP contribution in [0, 0.1) is 5.92 Å². The van der Waals surface area contributed by atoms with E-state index in [1.807, 2.05) is 13.0 Å². The van der Waals surface area contributed by atoms with Gasteiger partial charge in [0.25, 0.3) is 0 Å². The van der Waals surface area contributed by atoms with Crippen LogP contribution in [0.25, 0.3) is 0 Å². The molecule has 6 heteroatoms. The van der Waals surface area contributed by atoms with Gasteiger partial charge in [-0.2, -0.15) is 0 Å². The largest absolute Gasteiger partial charge is 0.349 e. The van der Waals surface area contributed by atoms with Crippen LogP contribution >= 0.6 is 0 Å². The van der Waals surface area contributed by atoms with Gasteiger partial charge in [0, 0.05) is 5.92 Å². The third kappa shape index (κ3) is 4.15. The fraction of sp³-hybridized carbons (Fsp3) is 0.400. The number of hydrogen-bond acceptors (Lipinski definition) is 3. The molecule has 5 nitrogen and oxygen atoms in total. The molecule has 1 aromatic carbocycles. The number of carbonyl (C=O) groups excluding carboxylic acids is 1. The lowest BCUT2D eigenvalue weighted by molar-refractivity contribution is -0.125. The number of benzene rings is 1. The number of nitrogens with one attached hydrogen (secondary N) is 1. The number of carbonyl (C=O) groups is 1. The summed E-state index contributed by atoms with van der Waals surface area (Å²) in [6, 6.07) is 6.09. The van der Waals surface area contributed by atoms with Crippen LogP contribution in [-0.2, 0) is 14.8 Å². The van der Waals surface area contributed by atoms with Gasteiger partial charge in [-0.3, -0.25) is 4.79 Å². The molecule has 0 radical (unpaired) electrons. The van der Waals surface area contributed by atoms with Crippen LogP contribution in [0.3, 0.4) is 0 Å². The SMILES string of the molecule is C[C@@H](NC(=O)[C@H]1CC=CCC1)c1ccc(S(N)(=O)=O)cc1. The summed E-state index contributed by atoms with van der Waals surface area (Å²) in [4.78, 5) is 12.2. The second-order valence-electron chi connectivity index (χ2n) is 5.33. The maximum Gasteiger partial charge on any atom is 0.238 e. The quantitative estimate of drug-likeness (QED) is 0.832. The molecule has 0 aromatic heterocycles. The molecule has 1 aromatic rings. The highest BCUT2D eigenvalue weighted by atomic mass is 32.2. The van der Waals surface area contributed by atoms with Crippen molar-refractivity contribution in [1.82, 2.24) is 5.32 Å². The summed E-state index contributed by atoms with van der Waals surface area (Å²) in [5, 5.41) is 8.03. The minimum absolute atomic E-state index is 0.0288. The van der Waals surface area contributed by atoms with E-state index in [0.29, 0.717) is 0 Å². The second-order valence-corrected chi connectivity index (χ2v) is 6.89. The van der Waals surface area contributed by atoms with Gasteiger partial charge in [-0.15, -0.1) is 0 Å². The molecule has 0 bridgehead atoms. The van der Waals surface area contributed by atoms with E-state index in [1.165, 1.54) is 12.1 Å². The van der Waals surface area contributed by atoms with Crippen LogP contribution in [-0.4, -0.2) is 14.3 Å². The highest BCUT2D eigenvalue weighted by molar-refractivity contribution is 7.89. The maximum atomic E-state index is 12.1. The number of rotatable bonds is 4. The number of sulfonamides is 1. The molecule has 0 saturated heterocycles. The van der Waals surface area contributed by atoms with Crippen molar-refractivity contribution in [2.45, 2.75) is 37.1 Å². The standard InChI is InChI=1S/C15H20N2O3S/c1-11(17-15(18)13-5-3-2-4-6-13)12-7-9-14(10-8-12)21(16,19)20/h2-3,7-11,13H,4-6H2,1H3,(H,17,18)(H2,16,19,20)/t11-,13+/m1/s1.